The van der Waals surface area contributed by atoms with E-state index in [0.29, 0.717) is 5.56 Å². The van der Waals surface area contributed by atoms with E-state index in [4.69, 9.17) is 5.73 Å². The summed E-state index contributed by atoms with van der Waals surface area (Å²) in [4.78, 5) is 0. The zero-order valence-corrected chi connectivity index (χ0v) is 8.24. The fourth-order valence-corrected chi connectivity index (χ4v) is 1.29. The minimum absolute atomic E-state index is 0.365. The molecule has 0 spiro atoms. The third-order valence-corrected chi connectivity index (χ3v) is 2.21. The summed E-state index contributed by atoms with van der Waals surface area (Å²) in [6, 6.07) is 8.15. The van der Waals surface area contributed by atoms with Gasteiger partial charge in [0.25, 0.3) is 0 Å². The fourth-order valence-electron chi connectivity index (χ4n) is 1.29. The van der Waals surface area contributed by atoms with E-state index in [1.54, 1.807) is 30.3 Å². The van der Waals surface area contributed by atoms with Crippen molar-refractivity contribution in [3.8, 4) is 0 Å². The molecule has 0 amide bonds. The van der Waals surface area contributed by atoms with Crippen molar-refractivity contribution in [1.29, 1.82) is 0 Å². The molecule has 0 aliphatic carbocycles. The molecule has 0 bridgehead atoms. The molecule has 4 heteroatoms. The van der Waals surface area contributed by atoms with Crippen molar-refractivity contribution in [3.63, 3.8) is 0 Å². The van der Waals surface area contributed by atoms with E-state index in [2.05, 4.69) is 0 Å². The van der Waals surface area contributed by atoms with E-state index in [1.807, 2.05) is 0 Å². The highest BCUT2D eigenvalue weighted by molar-refractivity contribution is 5.17. The summed E-state index contributed by atoms with van der Waals surface area (Å²) in [5, 5.41) is 0. The lowest BCUT2D eigenvalue weighted by molar-refractivity contribution is 0.130. The van der Waals surface area contributed by atoms with E-state index < -0.39 is 31.5 Å². The van der Waals surface area contributed by atoms with Gasteiger partial charge in [-0.05, 0) is 5.56 Å². The maximum Gasteiger partial charge on any atom is 0.143 e. The standard InChI is InChI=1S/C11H14F3N/c12-9(6-10(13)11(14)7-15)8-4-2-1-3-5-8/h1-5,9-11H,6-7,15H2. The molecule has 3 unspecified atom stereocenters. The van der Waals surface area contributed by atoms with Crippen molar-refractivity contribution in [1.82, 2.24) is 0 Å². The van der Waals surface area contributed by atoms with Crippen LogP contribution in [0.2, 0.25) is 0 Å². The Morgan fingerprint density at radius 2 is 1.60 bits per heavy atom. The second-order valence-corrected chi connectivity index (χ2v) is 3.38. The first-order chi connectivity index (χ1) is 7.15. The Morgan fingerprint density at radius 1 is 1.00 bits per heavy atom. The fraction of sp³-hybridized carbons (Fsp3) is 0.455. The second-order valence-electron chi connectivity index (χ2n) is 3.38. The lowest BCUT2D eigenvalue weighted by atomic mass is 10.0. The topological polar surface area (TPSA) is 26.0 Å². The van der Waals surface area contributed by atoms with Gasteiger partial charge in [0.2, 0.25) is 0 Å². The van der Waals surface area contributed by atoms with Crippen molar-refractivity contribution in [2.45, 2.75) is 24.9 Å². The minimum Gasteiger partial charge on any atom is -0.328 e. The number of benzene rings is 1. The number of alkyl halides is 3. The molecule has 15 heavy (non-hydrogen) atoms. The van der Waals surface area contributed by atoms with Crippen molar-refractivity contribution in [3.05, 3.63) is 35.9 Å². The van der Waals surface area contributed by atoms with Gasteiger partial charge in [-0.2, -0.15) is 0 Å². The predicted octanol–water partition coefficient (Wildman–Crippen LogP) is 2.72. The van der Waals surface area contributed by atoms with Crippen LogP contribution in [0.5, 0.6) is 0 Å². The van der Waals surface area contributed by atoms with Gasteiger partial charge in [-0.1, -0.05) is 30.3 Å². The Bertz CT molecular complexity index is 278. The Hall–Kier alpha value is -1.03. The van der Waals surface area contributed by atoms with Crippen LogP contribution in [-0.4, -0.2) is 18.9 Å². The molecule has 1 rings (SSSR count). The largest absolute Gasteiger partial charge is 0.328 e. The maximum absolute atomic E-state index is 13.4. The average Bonchev–Trinajstić information content (AvgIpc) is 2.29. The maximum atomic E-state index is 13.4. The molecular weight excluding hydrogens is 203 g/mol. The Kier molecular flexibility index (Phi) is 4.62. The Labute approximate surface area is 87.1 Å². The molecule has 0 saturated carbocycles. The first-order valence-corrected chi connectivity index (χ1v) is 4.82. The van der Waals surface area contributed by atoms with Crippen LogP contribution < -0.4 is 5.73 Å². The van der Waals surface area contributed by atoms with E-state index in [-0.39, 0.29) is 0 Å². The highest BCUT2D eigenvalue weighted by atomic mass is 19.2. The number of halogens is 3. The first kappa shape index (κ1) is 12.0. The number of rotatable bonds is 5. The SMILES string of the molecule is NCC(F)C(F)CC(F)c1ccccc1. The van der Waals surface area contributed by atoms with Crippen LogP contribution in [0.3, 0.4) is 0 Å². The predicted molar refractivity (Wildman–Crippen MR) is 53.8 cm³/mol. The molecule has 0 radical (unpaired) electrons. The molecule has 0 aliphatic heterocycles. The van der Waals surface area contributed by atoms with Gasteiger partial charge in [0.05, 0.1) is 0 Å². The highest BCUT2D eigenvalue weighted by Gasteiger charge is 2.23. The summed E-state index contributed by atoms with van der Waals surface area (Å²) in [7, 11) is 0. The molecule has 0 heterocycles. The van der Waals surface area contributed by atoms with Crippen LogP contribution in [0.4, 0.5) is 13.2 Å². The van der Waals surface area contributed by atoms with Crippen molar-refractivity contribution in [2.24, 2.45) is 5.73 Å². The molecule has 0 fully saturated rings. The summed E-state index contributed by atoms with van der Waals surface area (Å²) in [6.07, 6.45) is -5.59. The van der Waals surface area contributed by atoms with Crippen molar-refractivity contribution >= 4 is 0 Å². The van der Waals surface area contributed by atoms with Crippen LogP contribution >= 0.6 is 0 Å². The van der Waals surface area contributed by atoms with Gasteiger partial charge >= 0.3 is 0 Å². The molecule has 1 aromatic rings. The summed E-state index contributed by atoms with van der Waals surface area (Å²) in [6.45, 7) is -0.414. The molecule has 1 aromatic carbocycles. The van der Waals surface area contributed by atoms with Crippen molar-refractivity contribution in [2.75, 3.05) is 6.54 Å². The molecule has 2 N–H and O–H groups in total. The van der Waals surface area contributed by atoms with Crippen molar-refractivity contribution < 1.29 is 13.2 Å². The first-order valence-electron chi connectivity index (χ1n) is 4.82. The van der Waals surface area contributed by atoms with Crippen LogP contribution in [0.1, 0.15) is 18.2 Å². The summed E-state index contributed by atoms with van der Waals surface area (Å²) in [5.74, 6) is 0. The third kappa shape index (κ3) is 3.55. The molecule has 84 valence electrons. The van der Waals surface area contributed by atoms with E-state index >= 15 is 0 Å². The number of hydrogen-bond donors (Lipinski definition) is 1. The molecule has 0 saturated heterocycles. The third-order valence-electron chi connectivity index (χ3n) is 2.21. The number of hydrogen-bond acceptors (Lipinski definition) is 1. The van der Waals surface area contributed by atoms with Gasteiger partial charge in [0.15, 0.2) is 0 Å². The zero-order valence-electron chi connectivity index (χ0n) is 8.24. The quantitative estimate of drug-likeness (QED) is 0.806. The van der Waals surface area contributed by atoms with Gasteiger partial charge in [0.1, 0.15) is 18.5 Å². The monoisotopic (exact) mass is 217 g/mol. The molecule has 0 aliphatic rings. The summed E-state index contributed by atoms with van der Waals surface area (Å²) < 4.78 is 39.2. The lowest BCUT2D eigenvalue weighted by Crippen LogP contribution is -2.27. The highest BCUT2D eigenvalue weighted by Crippen LogP contribution is 2.25. The minimum atomic E-state index is -1.84. The van der Waals surface area contributed by atoms with Gasteiger partial charge in [-0.15, -0.1) is 0 Å². The van der Waals surface area contributed by atoms with Crippen LogP contribution in [0.25, 0.3) is 0 Å². The Morgan fingerprint density at radius 3 is 2.13 bits per heavy atom. The lowest BCUT2D eigenvalue weighted by Gasteiger charge is -2.14. The zero-order chi connectivity index (χ0) is 11.3. The number of nitrogens with two attached hydrogens (primary N) is 1. The molecule has 1 nitrogen and oxygen atoms in total. The summed E-state index contributed by atoms with van der Waals surface area (Å²) in [5.41, 5.74) is 5.32. The molecule has 0 aromatic heterocycles. The molecular formula is C11H14F3N. The van der Waals surface area contributed by atoms with Gasteiger partial charge in [-0.25, -0.2) is 13.2 Å². The smallest absolute Gasteiger partial charge is 0.143 e. The Balaban J connectivity index is 2.52. The van der Waals surface area contributed by atoms with Gasteiger partial charge in [-0.3, -0.25) is 0 Å². The van der Waals surface area contributed by atoms with E-state index in [0.717, 1.165) is 0 Å². The van der Waals surface area contributed by atoms with Crippen LogP contribution in [-0.2, 0) is 0 Å². The van der Waals surface area contributed by atoms with E-state index in [1.165, 1.54) is 0 Å². The van der Waals surface area contributed by atoms with E-state index in [9.17, 15) is 13.2 Å². The molecule has 3 atom stereocenters. The second kappa shape index (κ2) is 5.75. The summed E-state index contributed by atoms with van der Waals surface area (Å²) >= 11 is 0. The van der Waals surface area contributed by atoms with Crippen LogP contribution in [0, 0.1) is 0 Å². The van der Waals surface area contributed by atoms with Gasteiger partial charge < -0.3 is 5.73 Å². The van der Waals surface area contributed by atoms with Gasteiger partial charge in [0, 0.05) is 13.0 Å². The normalized spacial score (nSPS) is 17.1. The average molecular weight is 217 g/mol. The van der Waals surface area contributed by atoms with Crippen LogP contribution in [0.15, 0.2) is 30.3 Å².